The van der Waals surface area contributed by atoms with Crippen LogP contribution in [-0.2, 0) is 9.53 Å². The molecule has 1 aromatic rings. The number of amides is 2. The second-order valence-electron chi connectivity index (χ2n) is 7.28. The molecule has 2 heterocycles. The Morgan fingerprint density at radius 3 is 2.41 bits per heavy atom. The van der Waals surface area contributed by atoms with Crippen LogP contribution in [0.3, 0.4) is 0 Å². The molecule has 0 radical (unpaired) electrons. The van der Waals surface area contributed by atoms with Crippen LogP contribution in [0.25, 0.3) is 0 Å². The molecule has 2 fully saturated rings. The van der Waals surface area contributed by atoms with Gasteiger partial charge in [0, 0.05) is 45.0 Å². The predicted molar refractivity (Wildman–Crippen MR) is 102 cm³/mol. The fourth-order valence-corrected chi connectivity index (χ4v) is 3.75. The molecule has 0 saturated carbocycles. The molecule has 3 rings (SSSR count). The maximum Gasteiger partial charge on any atom is 0.254 e. The Labute approximate surface area is 160 Å². The van der Waals surface area contributed by atoms with Gasteiger partial charge >= 0.3 is 0 Å². The highest BCUT2D eigenvalue weighted by atomic mass is 16.5. The molecule has 148 valence electrons. The Morgan fingerprint density at radius 1 is 1.15 bits per heavy atom. The van der Waals surface area contributed by atoms with Crippen molar-refractivity contribution in [3.8, 4) is 5.75 Å². The van der Waals surface area contributed by atoms with E-state index in [-0.39, 0.29) is 17.7 Å². The number of carbonyl (C=O) groups excluding carboxylic acids is 2. The highest BCUT2D eigenvalue weighted by molar-refractivity contribution is 5.95. The molecular formula is C20H29N3O4. The number of rotatable bonds is 4. The third kappa shape index (κ3) is 4.42. The Morgan fingerprint density at radius 2 is 1.78 bits per heavy atom. The molecule has 0 aliphatic carbocycles. The molecule has 7 nitrogen and oxygen atoms in total. The molecule has 1 aromatic carbocycles. The first kappa shape index (κ1) is 19.6. The van der Waals surface area contributed by atoms with Gasteiger partial charge in [-0.2, -0.15) is 0 Å². The summed E-state index contributed by atoms with van der Waals surface area (Å²) >= 11 is 0. The number of hydrogen-bond acceptors (Lipinski definition) is 5. The highest BCUT2D eigenvalue weighted by Gasteiger charge is 2.32. The van der Waals surface area contributed by atoms with E-state index in [1.807, 2.05) is 19.1 Å². The molecule has 2 amide bonds. The summed E-state index contributed by atoms with van der Waals surface area (Å²) in [5.41, 5.74) is 7.81. The zero-order valence-electron chi connectivity index (χ0n) is 16.1. The average molecular weight is 375 g/mol. The molecule has 27 heavy (non-hydrogen) atoms. The number of methoxy groups -OCH3 is 1. The van der Waals surface area contributed by atoms with E-state index in [0.29, 0.717) is 50.7 Å². The number of carbonyl (C=O) groups is 2. The number of piperazine rings is 1. The average Bonchev–Trinajstić information content (AvgIpc) is 2.73. The van der Waals surface area contributed by atoms with E-state index in [2.05, 4.69) is 0 Å². The molecule has 2 saturated heterocycles. The summed E-state index contributed by atoms with van der Waals surface area (Å²) in [6, 6.07) is 5.01. The van der Waals surface area contributed by atoms with Crippen LogP contribution in [0.4, 0.5) is 0 Å². The van der Waals surface area contributed by atoms with Crippen molar-refractivity contribution in [2.24, 2.45) is 11.7 Å². The molecule has 2 aliphatic heterocycles. The van der Waals surface area contributed by atoms with Crippen LogP contribution in [0, 0.1) is 12.8 Å². The number of benzene rings is 1. The van der Waals surface area contributed by atoms with E-state index < -0.39 is 6.04 Å². The van der Waals surface area contributed by atoms with Crippen molar-refractivity contribution in [3.63, 3.8) is 0 Å². The van der Waals surface area contributed by atoms with Gasteiger partial charge in [-0.25, -0.2) is 0 Å². The monoisotopic (exact) mass is 375 g/mol. The van der Waals surface area contributed by atoms with Crippen molar-refractivity contribution in [1.82, 2.24) is 9.80 Å². The van der Waals surface area contributed by atoms with Crippen LogP contribution in [0.1, 0.15) is 28.8 Å². The van der Waals surface area contributed by atoms with E-state index >= 15 is 0 Å². The van der Waals surface area contributed by atoms with Gasteiger partial charge in [0.15, 0.2) is 0 Å². The van der Waals surface area contributed by atoms with Crippen LogP contribution in [0.15, 0.2) is 18.2 Å². The lowest BCUT2D eigenvalue weighted by Crippen LogP contribution is -2.56. The first-order valence-electron chi connectivity index (χ1n) is 9.57. The molecule has 2 N–H and O–H groups in total. The van der Waals surface area contributed by atoms with Gasteiger partial charge in [0.1, 0.15) is 5.75 Å². The quantitative estimate of drug-likeness (QED) is 0.850. The van der Waals surface area contributed by atoms with Crippen LogP contribution < -0.4 is 10.5 Å². The van der Waals surface area contributed by atoms with Crippen LogP contribution in [0.5, 0.6) is 5.75 Å². The van der Waals surface area contributed by atoms with Gasteiger partial charge in [0.25, 0.3) is 5.91 Å². The van der Waals surface area contributed by atoms with Gasteiger partial charge in [0.2, 0.25) is 5.91 Å². The minimum atomic E-state index is -0.475. The second kappa shape index (κ2) is 8.71. The van der Waals surface area contributed by atoms with E-state index in [1.54, 1.807) is 23.0 Å². The summed E-state index contributed by atoms with van der Waals surface area (Å²) in [5, 5.41) is 0. The minimum absolute atomic E-state index is 0.00833. The van der Waals surface area contributed by atoms with Crippen LogP contribution >= 0.6 is 0 Å². The lowest BCUT2D eigenvalue weighted by Gasteiger charge is -2.37. The fourth-order valence-electron chi connectivity index (χ4n) is 3.75. The van der Waals surface area contributed by atoms with E-state index in [4.69, 9.17) is 15.2 Å². The van der Waals surface area contributed by atoms with Gasteiger partial charge in [-0.1, -0.05) is 6.07 Å². The van der Waals surface area contributed by atoms with Crippen molar-refractivity contribution in [3.05, 3.63) is 29.3 Å². The molecular weight excluding hydrogens is 346 g/mol. The SMILES string of the molecule is COc1cc(C(=O)N2CCN(C(=O)C(N)C3CCOCC3)CC2)ccc1C. The third-order valence-electron chi connectivity index (χ3n) is 5.59. The van der Waals surface area contributed by atoms with Crippen molar-refractivity contribution in [1.29, 1.82) is 0 Å². The molecule has 0 spiro atoms. The number of aryl methyl sites for hydroxylation is 1. The molecule has 7 heteroatoms. The third-order valence-corrected chi connectivity index (χ3v) is 5.59. The van der Waals surface area contributed by atoms with Crippen molar-refractivity contribution in [2.75, 3.05) is 46.5 Å². The topological polar surface area (TPSA) is 85.1 Å². The van der Waals surface area contributed by atoms with Crippen LogP contribution in [-0.4, -0.2) is 74.2 Å². The summed E-state index contributed by atoms with van der Waals surface area (Å²) in [6.07, 6.45) is 1.67. The Balaban J connectivity index is 1.56. The zero-order valence-corrected chi connectivity index (χ0v) is 16.1. The van der Waals surface area contributed by atoms with E-state index in [0.717, 1.165) is 18.4 Å². The maximum atomic E-state index is 12.8. The smallest absolute Gasteiger partial charge is 0.254 e. The molecule has 2 aliphatic rings. The first-order chi connectivity index (χ1) is 13.0. The summed E-state index contributed by atoms with van der Waals surface area (Å²) in [6.45, 7) is 5.36. The Bertz CT molecular complexity index is 680. The minimum Gasteiger partial charge on any atom is -0.496 e. The number of hydrogen-bond donors (Lipinski definition) is 1. The summed E-state index contributed by atoms with van der Waals surface area (Å²) in [4.78, 5) is 29.0. The normalized spacial score (nSPS) is 19.7. The number of nitrogens with zero attached hydrogens (tertiary/aromatic N) is 2. The van der Waals surface area contributed by atoms with Gasteiger partial charge in [-0.15, -0.1) is 0 Å². The molecule has 1 atom stereocenters. The molecule has 0 aromatic heterocycles. The largest absolute Gasteiger partial charge is 0.496 e. The lowest BCUT2D eigenvalue weighted by atomic mass is 9.91. The van der Waals surface area contributed by atoms with Gasteiger partial charge in [-0.3, -0.25) is 9.59 Å². The van der Waals surface area contributed by atoms with Crippen molar-refractivity contribution >= 4 is 11.8 Å². The highest BCUT2D eigenvalue weighted by Crippen LogP contribution is 2.22. The van der Waals surface area contributed by atoms with Gasteiger partial charge < -0.3 is 25.0 Å². The Kier molecular flexibility index (Phi) is 6.34. The van der Waals surface area contributed by atoms with E-state index in [1.165, 1.54) is 0 Å². The van der Waals surface area contributed by atoms with Gasteiger partial charge in [-0.05, 0) is 43.4 Å². The second-order valence-corrected chi connectivity index (χ2v) is 7.28. The first-order valence-corrected chi connectivity index (χ1v) is 9.57. The summed E-state index contributed by atoms with van der Waals surface area (Å²) in [7, 11) is 1.60. The standard InChI is InChI=1S/C20H29N3O4/c1-14-3-4-16(13-17(14)26-2)19(24)22-7-9-23(10-8-22)20(25)18(21)15-5-11-27-12-6-15/h3-4,13,15,18H,5-12,21H2,1-2H3. The summed E-state index contributed by atoms with van der Waals surface area (Å²) in [5.74, 6) is 0.850. The van der Waals surface area contributed by atoms with E-state index in [9.17, 15) is 9.59 Å². The van der Waals surface area contributed by atoms with Crippen molar-refractivity contribution in [2.45, 2.75) is 25.8 Å². The summed E-state index contributed by atoms with van der Waals surface area (Å²) < 4.78 is 10.7. The number of ether oxygens (including phenoxy) is 2. The lowest BCUT2D eigenvalue weighted by molar-refractivity contribution is -0.136. The van der Waals surface area contributed by atoms with Crippen molar-refractivity contribution < 1.29 is 19.1 Å². The fraction of sp³-hybridized carbons (Fsp3) is 0.600. The molecule has 0 bridgehead atoms. The molecule has 1 unspecified atom stereocenters. The van der Waals surface area contributed by atoms with Crippen LogP contribution in [0.2, 0.25) is 0 Å². The predicted octanol–water partition coefficient (Wildman–Crippen LogP) is 1.04. The number of nitrogens with two attached hydrogens (primary N) is 1. The maximum absolute atomic E-state index is 12.8. The Hall–Kier alpha value is -2.12. The van der Waals surface area contributed by atoms with Gasteiger partial charge in [0.05, 0.1) is 13.2 Å². The zero-order chi connectivity index (χ0) is 19.4.